The maximum Gasteiger partial charge on any atom is 0.156 e. The Kier molecular flexibility index (Phi) is 3.51. The minimum Gasteiger partial charge on any atom is -0.315 e. The Morgan fingerprint density at radius 1 is 1.27 bits per heavy atom. The molecule has 0 saturated heterocycles. The van der Waals surface area contributed by atoms with Crippen molar-refractivity contribution in [2.45, 2.75) is 45.3 Å². The Hall–Kier alpha value is -0.0900. The van der Waals surface area contributed by atoms with Gasteiger partial charge in [0, 0.05) is 13.1 Å². The van der Waals surface area contributed by atoms with Gasteiger partial charge in [0.2, 0.25) is 0 Å². The quantitative estimate of drug-likeness (QED) is 0.734. The highest BCUT2D eigenvalue weighted by molar-refractivity contribution is 7.92. The fourth-order valence-electron chi connectivity index (χ4n) is 1.29. The number of nitrogens with one attached hydrogen (secondary N) is 1. The van der Waals surface area contributed by atoms with Gasteiger partial charge in [-0.3, -0.25) is 0 Å². The molecule has 0 aromatic heterocycles. The molecule has 1 rings (SSSR count). The molecular formula is C11H23NO2S. The lowest BCUT2D eigenvalue weighted by Gasteiger charge is -2.19. The zero-order valence-corrected chi connectivity index (χ0v) is 11.1. The summed E-state index contributed by atoms with van der Waals surface area (Å²) < 4.78 is 22.9. The van der Waals surface area contributed by atoms with E-state index in [4.69, 9.17) is 0 Å². The minimum absolute atomic E-state index is 0.243. The van der Waals surface area contributed by atoms with Crippen molar-refractivity contribution < 1.29 is 8.42 Å². The van der Waals surface area contributed by atoms with Gasteiger partial charge in [0.05, 0.1) is 10.5 Å². The molecule has 1 saturated carbocycles. The monoisotopic (exact) mass is 233 g/mol. The molecule has 15 heavy (non-hydrogen) atoms. The van der Waals surface area contributed by atoms with E-state index in [2.05, 4.69) is 12.2 Å². The largest absolute Gasteiger partial charge is 0.315 e. The summed E-state index contributed by atoms with van der Waals surface area (Å²) in [6.07, 6.45) is 2.54. The summed E-state index contributed by atoms with van der Waals surface area (Å²) in [5.74, 6) is 0.243. The molecule has 0 aromatic rings. The second-order valence-electron chi connectivity index (χ2n) is 5.92. The second-order valence-corrected chi connectivity index (χ2v) is 8.78. The predicted molar refractivity (Wildman–Crippen MR) is 63.8 cm³/mol. The Balaban J connectivity index is 2.25. The van der Waals surface area contributed by atoms with E-state index in [-0.39, 0.29) is 5.75 Å². The summed E-state index contributed by atoms with van der Waals surface area (Å²) in [5.41, 5.74) is 0.450. The maximum absolute atomic E-state index is 11.8. The highest BCUT2D eigenvalue weighted by atomic mass is 32.2. The molecule has 0 bridgehead atoms. The smallest absolute Gasteiger partial charge is 0.156 e. The number of rotatable bonds is 5. The highest BCUT2D eigenvalue weighted by Gasteiger charge is 2.36. The van der Waals surface area contributed by atoms with Crippen LogP contribution in [0.2, 0.25) is 0 Å². The van der Waals surface area contributed by atoms with E-state index >= 15 is 0 Å². The van der Waals surface area contributed by atoms with E-state index in [1.165, 1.54) is 12.8 Å². The molecule has 0 amide bonds. The first-order chi connectivity index (χ1) is 6.66. The summed E-state index contributed by atoms with van der Waals surface area (Å²) in [7, 11) is -2.96. The number of hydrogen-bond donors (Lipinski definition) is 1. The highest BCUT2D eigenvalue weighted by Crippen LogP contribution is 2.43. The van der Waals surface area contributed by atoms with Crippen LogP contribution < -0.4 is 5.32 Å². The molecule has 1 fully saturated rings. The zero-order valence-electron chi connectivity index (χ0n) is 10.3. The van der Waals surface area contributed by atoms with Crippen molar-refractivity contribution in [1.82, 2.24) is 5.32 Å². The molecular weight excluding hydrogens is 210 g/mol. The van der Waals surface area contributed by atoms with Gasteiger partial charge in [-0.1, -0.05) is 6.92 Å². The molecule has 0 aliphatic heterocycles. The molecule has 90 valence electrons. The molecule has 0 spiro atoms. The van der Waals surface area contributed by atoms with Crippen molar-refractivity contribution in [3.05, 3.63) is 0 Å². The van der Waals surface area contributed by atoms with E-state index in [0.29, 0.717) is 12.0 Å². The van der Waals surface area contributed by atoms with Crippen molar-refractivity contribution in [1.29, 1.82) is 0 Å². The van der Waals surface area contributed by atoms with E-state index in [0.717, 1.165) is 6.54 Å². The van der Waals surface area contributed by atoms with Gasteiger partial charge in [0.15, 0.2) is 9.84 Å². The number of hydrogen-bond acceptors (Lipinski definition) is 3. The van der Waals surface area contributed by atoms with Crippen LogP contribution >= 0.6 is 0 Å². The standard InChI is InChI=1S/C11H23NO2S/c1-10(2,3)15(13,14)8-7-12-9-11(4)5-6-11/h12H,5-9H2,1-4H3. The topological polar surface area (TPSA) is 46.2 Å². The van der Waals surface area contributed by atoms with Crippen LogP contribution in [0, 0.1) is 5.41 Å². The molecule has 0 heterocycles. The van der Waals surface area contributed by atoms with Crippen LogP contribution in [0.15, 0.2) is 0 Å². The first-order valence-electron chi connectivity index (χ1n) is 5.59. The zero-order chi connectivity index (χ0) is 11.7. The SMILES string of the molecule is CC1(CNCCS(=O)(=O)C(C)(C)C)CC1. The molecule has 1 N–H and O–H groups in total. The van der Waals surface area contributed by atoms with Crippen LogP contribution in [0.5, 0.6) is 0 Å². The van der Waals surface area contributed by atoms with Crippen LogP contribution in [-0.2, 0) is 9.84 Å². The Morgan fingerprint density at radius 2 is 1.80 bits per heavy atom. The lowest BCUT2D eigenvalue weighted by Crippen LogP contribution is -2.35. The normalized spacial score (nSPS) is 20.3. The molecule has 0 aromatic carbocycles. The van der Waals surface area contributed by atoms with Crippen molar-refractivity contribution >= 4 is 9.84 Å². The van der Waals surface area contributed by atoms with Gasteiger partial charge < -0.3 is 5.32 Å². The summed E-state index contributed by atoms with van der Waals surface area (Å²) in [6.45, 7) is 9.03. The lowest BCUT2D eigenvalue weighted by atomic mass is 10.1. The van der Waals surface area contributed by atoms with Crippen LogP contribution in [-0.4, -0.2) is 32.0 Å². The fourth-order valence-corrected chi connectivity index (χ4v) is 2.32. The molecule has 0 atom stereocenters. The molecule has 4 heteroatoms. The van der Waals surface area contributed by atoms with Gasteiger partial charge in [-0.15, -0.1) is 0 Å². The third-order valence-electron chi connectivity index (χ3n) is 3.14. The molecule has 0 unspecified atom stereocenters. The van der Waals surface area contributed by atoms with Gasteiger partial charge in [-0.2, -0.15) is 0 Å². The number of sulfone groups is 1. The third-order valence-corrected chi connectivity index (χ3v) is 5.74. The Labute approximate surface area is 93.6 Å². The summed E-state index contributed by atoms with van der Waals surface area (Å²) in [5, 5.41) is 3.24. The molecule has 1 aliphatic carbocycles. The Bertz CT molecular complexity index is 310. The first kappa shape index (κ1) is 13.0. The van der Waals surface area contributed by atoms with Crippen LogP contribution in [0.3, 0.4) is 0 Å². The maximum atomic E-state index is 11.8. The molecule has 3 nitrogen and oxygen atoms in total. The van der Waals surface area contributed by atoms with Gasteiger partial charge in [-0.05, 0) is 39.0 Å². The average molecular weight is 233 g/mol. The Morgan fingerprint density at radius 3 is 2.20 bits per heavy atom. The lowest BCUT2D eigenvalue weighted by molar-refractivity contribution is 0.505. The molecule has 0 radical (unpaired) electrons. The van der Waals surface area contributed by atoms with Gasteiger partial charge >= 0.3 is 0 Å². The van der Waals surface area contributed by atoms with Crippen LogP contribution in [0.4, 0.5) is 0 Å². The van der Waals surface area contributed by atoms with Crippen molar-refractivity contribution in [3.8, 4) is 0 Å². The first-order valence-corrected chi connectivity index (χ1v) is 7.25. The predicted octanol–water partition coefficient (Wildman–Crippen LogP) is 1.59. The van der Waals surface area contributed by atoms with E-state index in [1.807, 2.05) is 0 Å². The van der Waals surface area contributed by atoms with E-state index < -0.39 is 14.6 Å². The van der Waals surface area contributed by atoms with Gasteiger partial charge in [0.25, 0.3) is 0 Å². The molecule has 1 aliphatic rings. The summed E-state index contributed by atoms with van der Waals surface area (Å²) in [4.78, 5) is 0. The van der Waals surface area contributed by atoms with Crippen molar-refractivity contribution in [2.24, 2.45) is 5.41 Å². The van der Waals surface area contributed by atoms with Gasteiger partial charge in [-0.25, -0.2) is 8.42 Å². The second kappa shape index (κ2) is 4.06. The third kappa shape index (κ3) is 3.76. The van der Waals surface area contributed by atoms with Gasteiger partial charge in [0.1, 0.15) is 0 Å². The van der Waals surface area contributed by atoms with E-state index in [9.17, 15) is 8.42 Å². The minimum atomic E-state index is -2.96. The summed E-state index contributed by atoms with van der Waals surface area (Å²) >= 11 is 0. The summed E-state index contributed by atoms with van der Waals surface area (Å²) in [6, 6.07) is 0. The van der Waals surface area contributed by atoms with Crippen molar-refractivity contribution in [2.75, 3.05) is 18.8 Å². The van der Waals surface area contributed by atoms with Crippen LogP contribution in [0.25, 0.3) is 0 Å². The van der Waals surface area contributed by atoms with E-state index in [1.54, 1.807) is 20.8 Å². The fraction of sp³-hybridized carbons (Fsp3) is 1.00. The van der Waals surface area contributed by atoms with Crippen molar-refractivity contribution in [3.63, 3.8) is 0 Å². The average Bonchev–Trinajstić information content (AvgIpc) is 2.76. The van der Waals surface area contributed by atoms with Crippen LogP contribution in [0.1, 0.15) is 40.5 Å².